The second-order valence-corrected chi connectivity index (χ2v) is 7.56. The molecule has 2 heterocycles. The standard InChI is InChI=1S/C19H20BF3N2O3/c1-17(2)18(3,4)28-20(27-17)14-8-6-5-7-13(14)16(26)25-15-11-12(9-10-24-15)19(21,22)23/h5-11H,1-4H3,(H,24,25,26). The molecule has 1 saturated heterocycles. The van der Waals surface area contributed by atoms with Crippen molar-refractivity contribution >= 4 is 24.3 Å². The Morgan fingerprint density at radius 2 is 1.68 bits per heavy atom. The third kappa shape index (κ3) is 3.90. The van der Waals surface area contributed by atoms with E-state index in [0.717, 1.165) is 18.3 Å². The maximum Gasteiger partial charge on any atom is 0.495 e. The van der Waals surface area contributed by atoms with E-state index in [0.29, 0.717) is 5.46 Å². The Hall–Kier alpha value is -2.39. The Kier molecular flexibility index (Phi) is 5.01. The maximum atomic E-state index is 12.9. The molecule has 0 atom stereocenters. The highest BCUT2D eigenvalue weighted by molar-refractivity contribution is 6.63. The number of aromatic nitrogens is 1. The average Bonchev–Trinajstić information content (AvgIpc) is 2.82. The number of halogens is 3. The Balaban J connectivity index is 1.87. The molecule has 0 unspecified atom stereocenters. The van der Waals surface area contributed by atoms with Crippen LogP contribution in [-0.4, -0.2) is 29.2 Å². The molecular formula is C19H20BF3N2O3. The quantitative estimate of drug-likeness (QED) is 0.811. The van der Waals surface area contributed by atoms with Gasteiger partial charge in [0, 0.05) is 11.8 Å². The first-order valence-electron chi connectivity index (χ1n) is 8.70. The first-order valence-corrected chi connectivity index (χ1v) is 8.70. The zero-order valence-electron chi connectivity index (χ0n) is 15.9. The number of carbonyl (C=O) groups is 1. The lowest BCUT2D eigenvalue weighted by Gasteiger charge is -2.32. The highest BCUT2D eigenvalue weighted by Crippen LogP contribution is 2.36. The highest BCUT2D eigenvalue weighted by Gasteiger charge is 2.52. The van der Waals surface area contributed by atoms with Gasteiger partial charge in [-0.1, -0.05) is 18.2 Å². The van der Waals surface area contributed by atoms with Gasteiger partial charge in [0.05, 0.1) is 16.8 Å². The van der Waals surface area contributed by atoms with Gasteiger partial charge in [0.15, 0.2) is 0 Å². The molecule has 28 heavy (non-hydrogen) atoms. The summed E-state index contributed by atoms with van der Waals surface area (Å²) in [6.45, 7) is 7.56. The van der Waals surface area contributed by atoms with E-state index in [-0.39, 0.29) is 11.4 Å². The molecule has 1 aliphatic rings. The van der Waals surface area contributed by atoms with Crippen molar-refractivity contribution in [2.45, 2.75) is 45.1 Å². The number of rotatable bonds is 3. The molecule has 148 valence electrons. The van der Waals surface area contributed by atoms with Crippen molar-refractivity contribution in [3.05, 3.63) is 53.7 Å². The summed E-state index contributed by atoms with van der Waals surface area (Å²) in [7, 11) is -0.776. The summed E-state index contributed by atoms with van der Waals surface area (Å²) in [5, 5.41) is 2.41. The molecule has 1 aromatic heterocycles. The third-order valence-corrected chi connectivity index (χ3v) is 5.04. The fourth-order valence-corrected chi connectivity index (χ4v) is 2.74. The van der Waals surface area contributed by atoms with Crippen LogP contribution >= 0.6 is 0 Å². The molecule has 0 aliphatic carbocycles. The van der Waals surface area contributed by atoms with Crippen molar-refractivity contribution in [1.82, 2.24) is 4.98 Å². The minimum Gasteiger partial charge on any atom is -0.399 e. The van der Waals surface area contributed by atoms with E-state index >= 15 is 0 Å². The number of nitrogens with zero attached hydrogens (tertiary/aromatic N) is 1. The van der Waals surface area contributed by atoms with E-state index in [1.807, 2.05) is 27.7 Å². The van der Waals surface area contributed by atoms with Crippen molar-refractivity contribution in [2.24, 2.45) is 0 Å². The first-order chi connectivity index (χ1) is 12.9. The highest BCUT2D eigenvalue weighted by atomic mass is 19.4. The average molecular weight is 392 g/mol. The Labute approximate surface area is 161 Å². The van der Waals surface area contributed by atoms with Gasteiger partial charge in [0.25, 0.3) is 5.91 Å². The van der Waals surface area contributed by atoms with Crippen LogP contribution in [-0.2, 0) is 15.5 Å². The number of hydrogen-bond donors (Lipinski definition) is 1. The molecule has 5 nitrogen and oxygen atoms in total. The SMILES string of the molecule is CC1(C)OB(c2ccccc2C(=O)Nc2cc(C(F)(F)F)ccn2)OC1(C)C. The lowest BCUT2D eigenvalue weighted by molar-refractivity contribution is -0.137. The molecule has 1 N–H and O–H groups in total. The van der Waals surface area contributed by atoms with Crippen LogP contribution < -0.4 is 10.8 Å². The van der Waals surface area contributed by atoms with Crippen molar-refractivity contribution in [3.63, 3.8) is 0 Å². The number of carbonyl (C=O) groups excluding carboxylic acids is 1. The van der Waals surface area contributed by atoms with E-state index in [1.165, 1.54) is 0 Å². The van der Waals surface area contributed by atoms with Crippen LogP contribution in [0.4, 0.5) is 19.0 Å². The number of benzene rings is 1. The second kappa shape index (κ2) is 6.90. The van der Waals surface area contributed by atoms with Gasteiger partial charge < -0.3 is 14.6 Å². The van der Waals surface area contributed by atoms with Crippen molar-refractivity contribution in [2.75, 3.05) is 5.32 Å². The Morgan fingerprint density at radius 1 is 1.07 bits per heavy atom. The monoisotopic (exact) mass is 392 g/mol. The van der Waals surface area contributed by atoms with Gasteiger partial charge in [-0.25, -0.2) is 4.98 Å². The van der Waals surface area contributed by atoms with E-state index in [2.05, 4.69) is 10.3 Å². The molecule has 0 saturated carbocycles. The molecule has 0 spiro atoms. The van der Waals surface area contributed by atoms with Crippen molar-refractivity contribution in [1.29, 1.82) is 0 Å². The number of hydrogen-bond acceptors (Lipinski definition) is 4. The smallest absolute Gasteiger partial charge is 0.399 e. The lowest BCUT2D eigenvalue weighted by Crippen LogP contribution is -2.41. The fourth-order valence-electron chi connectivity index (χ4n) is 2.74. The van der Waals surface area contributed by atoms with Crippen LogP contribution in [0.1, 0.15) is 43.6 Å². The largest absolute Gasteiger partial charge is 0.495 e. The number of alkyl halides is 3. The van der Waals surface area contributed by atoms with E-state index in [9.17, 15) is 18.0 Å². The minimum atomic E-state index is -4.52. The van der Waals surface area contributed by atoms with E-state index in [1.54, 1.807) is 24.3 Å². The zero-order valence-corrected chi connectivity index (χ0v) is 15.9. The molecular weight excluding hydrogens is 372 g/mol. The van der Waals surface area contributed by atoms with Crippen molar-refractivity contribution in [3.8, 4) is 0 Å². The van der Waals surface area contributed by atoms with Crippen LogP contribution in [0.5, 0.6) is 0 Å². The summed E-state index contributed by atoms with van der Waals surface area (Å²) in [4.78, 5) is 16.5. The van der Waals surface area contributed by atoms with Crippen molar-refractivity contribution < 1.29 is 27.3 Å². The number of anilines is 1. The van der Waals surface area contributed by atoms with Crippen LogP contribution in [0.25, 0.3) is 0 Å². The summed E-state index contributed by atoms with van der Waals surface area (Å²) in [5.41, 5.74) is -1.35. The minimum absolute atomic E-state index is 0.191. The van der Waals surface area contributed by atoms with Gasteiger partial charge >= 0.3 is 13.3 Å². The van der Waals surface area contributed by atoms with Gasteiger partial charge in [-0.2, -0.15) is 13.2 Å². The summed E-state index contributed by atoms with van der Waals surface area (Å²) in [6, 6.07) is 8.27. The topological polar surface area (TPSA) is 60.5 Å². The molecule has 1 aromatic carbocycles. The van der Waals surface area contributed by atoms with Gasteiger partial charge in [-0.15, -0.1) is 0 Å². The summed E-state index contributed by atoms with van der Waals surface area (Å²) < 4.78 is 50.6. The van der Waals surface area contributed by atoms with Crippen LogP contribution in [0, 0.1) is 0 Å². The van der Waals surface area contributed by atoms with Crippen LogP contribution in [0.2, 0.25) is 0 Å². The van der Waals surface area contributed by atoms with Gasteiger partial charge in [-0.05, 0) is 51.4 Å². The normalized spacial score (nSPS) is 18.2. The summed E-state index contributed by atoms with van der Waals surface area (Å²) in [6.07, 6.45) is -3.53. The molecule has 0 radical (unpaired) electrons. The number of pyridine rings is 1. The Morgan fingerprint density at radius 3 is 2.29 bits per heavy atom. The molecule has 3 rings (SSSR count). The van der Waals surface area contributed by atoms with E-state index in [4.69, 9.17) is 9.31 Å². The summed E-state index contributed by atoms with van der Waals surface area (Å²) >= 11 is 0. The fraction of sp³-hybridized carbons (Fsp3) is 0.368. The number of amides is 1. The first kappa shape index (κ1) is 20.4. The zero-order chi connectivity index (χ0) is 20.7. The Bertz CT molecular complexity index is 884. The van der Waals surface area contributed by atoms with E-state index < -0.39 is 36.0 Å². The lowest BCUT2D eigenvalue weighted by atomic mass is 9.75. The van der Waals surface area contributed by atoms with Crippen LogP contribution in [0.15, 0.2) is 42.6 Å². The molecule has 9 heteroatoms. The molecule has 1 aliphatic heterocycles. The third-order valence-electron chi connectivity index (χ3n) is 5.04. The maximum absolute atomic E-state index is 12.9. The molecule has 1 fully saturated rings. The van der Waals surface area contributed by atoms with Gasteiger partial charge in [-0.3, -0.25) is 4.79 Å². The van der Waals surface area contributed by atoms with Gasteiger partial charge in [0.1, 0.15) is 5.82 Å². The predicted octanol–water partition coefficient (Wildman–Crippen LogP) is 3.65. The number of nitrogens with one attached hydrogen (secondary N) is 1. The summed E-state index contributed by atoms with van der Waals surface area (Å²) in [5.74, 6) is -0.791. The van der Waals surface area contributed by atoms with Gasteiger partial charge in [0.2, 0.25) is 0 Å². The molecule has 0 bridgehead atoms. The molecule has 2 aromatic rings. The second-order valence-electron chi connectivity index (χ2n) is 7.56. The predicted molar refractivity (Wildman–Crippen MR) is 99.4 cm³/mol. The molecule has 1 amide bonds. The van der Waals surface area contributed by atoms with Crippen LogP contribution in [0.3, 0.4) is 0 Å².